The van der Waals surface area contributed by atoms with Gasteiger partial charge in [0.25, 0.3) is 10.0 Å². The van der Waals surface area contributed by atoms with E-state index in [1.165, 1.54) is 18.7 Å². The first-order valence-corrected chi connectivity index (χ1v) is 8.22. The zero-order chi connectivity index (χ0) is 15.3. The molecule has 0 spiro atoms. The van der Waals surface area contributed by atoms with E-state index in [2.05, 4.69) is 20.0 Å². The first-order chi connectivity index (χ1) is 10.1. The molecule has 0 saturated heterocycles. The largest absolute Gasteiger partial charge is 0.349 e. The summed E-state index contributed by atoms with van der Waals surface area (Å²) in [6.45, 7) is 6.16. The van der Waals surface area contributed by atoms with Gasteiger partial charge in [0.1, 0.15) is 11.2 Å². The minimum absolute atomic E-state index is 0.237. The van der Waals surface area contributed by atoms with Gasteiger partial charge in [0.15, 0.2) is 0 Å². The Morgan fingerprint density at radius 1 is 1.24 bits per heavy atom. The molecule has 2 N–H and O–H groups in total. The Morgan fingerprint density at radius 2 is 1.95 bits per heavy atom. The van der Waals surface area contributed by atoms with E-state index in [0.717, 1.165) is 12.2 Å². The molecule has 0 fully saturated rings. The molecule has 0 amide bonds. The normalized spacial score (nSPS) is 11.5. The van der Waals surface area contributed by atoms with Gasteiger partial charge >= 0.3 is 0 Å². The fraction of sp³-hybridized carbons (Fsp3) is 0.385. The minimum Gasteiger partial charge on any atom is -0.349 e. The predicted octanol–water partition coefficient (Wildman–Crippen LogP) is 1.21. The summed E-state index contributed by atoms with van der Waals surface area (Å²) in [6.07, 6.45) is 5.82. The first kappa shape index (κ1) is 15.5. The number of hydrogen-bond acceptors (Lipinski definition) is 5. The highest BCUT2D eigenvalue weighted by molar-refractivity contribution is 7.92. The number of anilines is 1. The van der Waals surface area contributed by atoms with Crippen molar-refractivity contribution in [2.24, 2.45) is 0 Å². The van der Waals surface area contributed by atoms with E-state index < -0.39 is 10.0 Å². The van der Waals surface area contributed by atoms with Gasteiger partial charge < -0.3 is 9.88 Å². The second-order valence-corrected chi connectivity index (χ2v) is 6.15. The monoisotopic (exact) mass is 309 g/mol. The van der Waals surface area contributed by atoms with E-state index in [1.807, 2.05) is 18.4 Å². The summed E-state index contributed by atoms with van der Waals surface area (Å²) >= 11 is 0. The van der Waals surface area contributed by atoms with Crippen LogP contribution in [0.2, 0.25) is 0 Å². The third kappa shape index (κ3) is 3.79. The molecule has 0 atom stereocenters. The van der Waals surface area contributed by atoms with Crippen LogP contribution in [0.25, 0.3) is 0 Å². The van der Waals surface area contributed by atoms with Crippen molar-refractivity contribution in [3.63, 3.8) is 0 Å². The smallest absolute Gasteiger partial charge is 0.263 e. The summed E-state index contributed by atoms with van der Waals surface area (Å²) in [4.78, 5) is 7.81. The number of aromatic nitrogens is 3. The van der Waals surface area contributed by atoms with Crippen LogP contribution >= 0.6 is 0 Å². The first-order valence-electron chi connectivity index (χ1n) is 6.74. The lowest BCUT2D eigenvalue weighted by atomic mass is 10.4. The molecule has 0 bridgehead atoms. The minimum atomic E-state index is -3.63. The van der Waals surface area contributed by atoms with Crippen LogP contribution in [0, 0.1) is 0 Å². The molecule has 8 heteroatoms. The highest BCUT2D eigenvalue weighted by Gasteiger charge is 2.18. The molecule has 114 valence electrons. The number of rotatable bonds is 7. The summed E-state index contributed by atoms with van der Waals surface area (Å²) in [5, 5.41) is 3.20. The van der Waals surface area contributed by atoms with E-state index in [0.29, 0.717) is 18.8 Å². The van der Waals surface area contributed by atoms with Crippen LogP contribution in [-0.2, 0) is 23.1 Å². The van der Waals surface area contributed by atoms with Crippen molar-refractivity contribution in [1.29, 1.82) is 0 Å². The topological polar surface area (TPSA) is 88.9 Å². The lowest BCUT2D eigenvalue weighted by Gasteiger charge is -2.05. The molecule has 2 aromatic heterocycles. The van der Waals surface area contributed by atoms with Crippen molar-refractivity contribution in [3.8, 4) is 0 Å². The van der Waals surface area contributed by atoms with Gasteiger partial charge in [-0.25, -0.2) is 18.4 Å². The van der Waals surface area contributed by atoms with E-state index in [-0.39, 0.29) is 4.90 Å². The molecule has 0 aromatic carbocycles. The van der Waals surface area contributed by atoms with Gasteiger partial charge in [-0.2, -0.15) is 0 Å². The molecule has 2 heterocycles. The molecule has 0 unspecified atom stereocenters. The number of hydrogen-bond donors (Lipinski definition) is 2. The number of sulfonamides is 1. The third-order valence-corrected chi connectivity index (χ3v) is 4.33. The molecule has 2 rings (SSSR count). The maximum atomic E-state index is 12.4. The Morgan fingerprint density at radius 3 is 2.57 bits per heavy atom. The van der Waals surface area contributed by atoms with Gasteiger partial charge in [-0.05, 0) is 19.5 Å². The highest BCUT2D eigenvalue weighted by Crippen LogP contribution is 2.18. The van der Waals surface area contributed by atoms with Crippen molar-refractivity contribution in [1.82, 2.24) is 19.9 Å². The van der Waals surface area contributed by atoms with Crippen LogP contribution in [0.3, 0.4) is 0 Å². The average molecular weight is 309 g/mol. The maximum Gasteiger partial charge on any atom is 0.263 e. The van der Waals surface area contributed by atoms with Gasteiger partial charge in [0.2, 0.25) is 0 Å². The Bertz CT molecular complexity index is 682. The Labute approximate surface area is 124 Å². The predicted molar refractivity (Wildman–Crippen MR) is 80.3 cm³/mol. The number of nitrogens with zero attached hydrogens (tertiary/aromatic N) is 3. The molecule has 21 heavy (non-hydrogen) atoms. The van der Waals surface area contributed by atoms with E-state index in [9.17, 15) is 8.42 Å². The molecule has 0 aliphatic rings. The van der Waals surface area contributed by atoms with Crippen molar-refractivity contribution in [2.75, 3.05) is 11.3 Å². The van der Waals surface area contributed by atoms with Crippen LogP contribution in [0.15, 0.2) is 35.9 Å². The molecule has 0 aliphatic heterocycles. The van der Waals surface area contributed by atoms with E-state index >= 15 is 0 Å². The number of aryl methyl sites for hydroxylation is 1. The maximum absolute atomic E-state index is 12.4. The van der Waals surface area contributed by atoms with E-state index in [4.69, 9.17) is 0 Å². The molecular weight excluding hydrogens is 290 g/mol. The number of nitrogens with one attached hydrogen (secondary N) is 2. The van der Waals surface area contributed by atoms with Gasteiger partial charge in [0.05, 0.1) is 18.1 Å². The average Bonchev–Trinajstić information content (AvgIpc) is 2.90. The zero-order valence-electron chi connectivity index (χ0n) is 12.1. The zero-order valence-corrected chi connectivity index (χ0v) is 12.9. The molecule has 7 nitrogen and oxygen atoms in total. The third-order valence-electron chi connectivity index (χ3n) is 2.98. The lowest BCUT2D eigenvalue weighted by Crippen LogP contribution is -2.14. The summed E-state index contributed by atoms with van der Waals surface area (Å²) in [5.41, 5.74) is 1.28. The van der Waals surface area contributed by atoms with Gasteiger partial charge in [-0.15, -0.1) is 0 Å². The molecule has 0 aliphatic carbocycles. The van der Waals surface area contributed by atoms with Crippen molar-refractivity contribution in [2.45, 2.75) is 31.8 Å². The molecule has 0 saturated carbocycles. The summed E-state index contributed by atoms with van der Waals surface area (Å²) in [5.74, 6) is 0. The van der Waals surface area contributed by atoms with Gasteiger partial charge in [-0.3, -0.25) is 4.72 Å². The Hall–Kier alpha value is -1.93. The van der Waals surface area contributed by atoms with Gasteiger partial charge in [-0.1, -0.05) is 6.92 Å². The van der Waals surface area contributed by atoms with E-state index in [1.54, 1.807) is 12.3 Å². The molecule has 2 aromatic rings. The molecule has 0 radical (unpaired) electrons. The standard InChI is InChI=1S/C13H19N5O2S/c1-3-14-8-12-5-13(9-18(12)4-2)21(19,20)17-11-6-15-10-16-7-11/h5-7,9-10,14,17H,3-4,8H2,1-2H3. The van der Waals surface area contributed by atoms with Crippen LogP contribution < -0.4 is 10.0 Å². The summed E-state index contributed by atoms with van der Waals surface area (Å²) < 4.78 is 29.1. The summed E-state index contributed by atoms with van der Waals surface area (Å²) in [7, 11) is -3.63. The highest BCUT2D eigenvalue weighted by atomic mass is 32.2. The van der Waals surface area contributed by atoms with Crippen LogP contribution in [0.4, 0.5) is 5.69 Å². The quantitative estimate of drug-likeness (QED) is 0.802. The SMILES string of the molecule is CCNCc1cc(S(=O)(=O)Nc2cncnc2)cn1CC. The van der Waals surface area contributed by atoms with Crippen LogP contribution in [0.5, 0.6) is 0 Å². The van der Waals surface area contributed by atoms with Crippen LogP contribution in [-0.4, -0.2) is 29.5 Å². The molecular formula is C13H19N5O2S. The Kier molecular flexibility index (Phi) is 4.92. The van der Waals surface area contributed by atoms with Crippen molar-refractivity contribution >= 4 is 15.7 Å². The fourth-order valence-electron chi connectivity index (χ4n) is 1.93. The van der Waals surface area contributed by atoms with Crippen LogP contribution in [0.1, 0.15) is 19.5 Å². The Balaban J connectivity index is 2.25. The van der Waals surface area contributed by atoms with Crippen molar-refractivity contribution in [3.05, 3.63) is 36.7 Å². The fourth-order valence-corrected chi connectivity index (χ4v) is 3.02. The van der Waals surface area contributed by atoms with Gasteiger partial charge in [0, 0.05) is 25.0 Å². The second-order valence-electron chi connectivity index (χ2n) is 4.47. The summed E-state index contributed by atoms with van der Waals surface area (Å²) in [6, 6.07) is 1.68. The lowest BCUT2D eigenvalue weighted by molar-refractivity contribution is 0.600. The van der Waals surface area contributed by atoms with Crippen molar-refractivity contribution < 1.29 is 8.42 Å². The second kappa shape index (κ2) is 6.68.